The summed E-state index contributed by atoms with van der Waals surface area (Å²) in [5, 5.41) is 5.89. The van der Waals surface area contributed by atoms with Crippen molar-refractivity contribution in [1.82, 2.24) is 24.6 Å². The predicted molar refractivity (Wildman–Crippen MR) is 126 cm³/mol. The summed E-state index contributed by atoms with van der Waals surface area (Å²) >= 11 is 0. The average molecular weight is 424 g/mol. The SMILES string of the molecule is C=CC(=C)N1CC[C@H](Cn2nc(-c3ccc(Oc4ccccc4)cc3)c3cncnc32)C1. The second-order valence-corrected chi connectivity index (χ2v) is 8.03. The van der Waals surface area contributed by atoms with Crippen molar-refractivity contribution in [3.63, 3.8) is 0 Å². The Morgan fingerprint density at radius 1 is 1.09 bits per heavy atom. The number of hydrogen-bond acceptors (Lipinski definition) is 5. The number of allylic oxidation sites excluding steroid dienone is 1. The van der Waals surface area contributed by atoms with Gasteiger partial charge < -0.3 is 9.64 Å². The first-order valence-electron chi connectivity index (χ1n) is 10.8. The van der Waals surface area contributed by atoms with Crippen molar-refractivity contribution in [3.05, 3.63) is 92.1 Å². The molecule has 1 aliphatic heterocycles. The topological polar surface area (TPSA) is 56.1 Å². The third kappa shape index (κ3) is 3.99. The standard InChI is InChI=1S/C26H25N5O/c1-3-19(2)30-14-13-20(16-30)17-31-26-24(15-27-18-28-26)25(29-31)21-9-11-23(12-10-21)32-22-7-5-4-6-8-22/h3-12,15,18,20H,1-2,13-14,16-17H2/t20-/m0/s1. The van der Waals surface area contributed by atoms with E-state index in [1.165, 1.54) is 0 Å². The lowest BCUT2D eigenvalue weighted by Gasteiger charge is -2.18. The van der Waals surface area contributed by atoms with Crippen LogP contribution in [0, 0.1) is 5.92 Å². The minimum atomic E-state index is 0.485. The molecule has 6 nitrogen and oxygen atoms in total. The second kappa shape index (κ2) is 8.67. The minimum absolute atomic E-state index is 0.485. The van der Waals surface area contributed by atoms with Crippen LogP contribution in [0.1, 0.15) is 6.42 Å². The van der Waals surface area contributed by atoms with Gasteiger partial charge in [0, 0.05) is 37.1 Å². The Labute approximate surface area is 187 Å². The van der Waals surface area contributed by atoms with Gasteiger partial charge in [0.25, 0.3) is 0 Å². The number of hydrogen-bond donors (Lipinski definition) is 0. The van der Waals surface area contributed by atoms with Crippen LogP contribution in [0.15, 0.2) is 92.1 Å². The van der Waals surface area contributed by atoms with E-state index in [9.17, 15) is 0 Å². The van der Waals surface area contributed by atoms with E-state index >= 15 is 0 Å². The van der Waals surface area contributed by atoms with Crippen LogP contribution in [0.25, 0.3) is 22.3 Å². The Balaban J connectivity index is 1.39. The second-order valence-electron chi connectivity index (χ2n) is 8.03. The fraction of sp³-hybridized carbons (Fsp3) is 0.192. The molecule has 0 aliphatic carbocycles. The van der Waals surface area contributed by atoms with Gasteiger partial charge in [0.2, 0.25) is 0 Å². The molecule has 0 spiro atoms. The Kier molecular flexibility index (Phi) is 5.42. The van der Waals surface area contributed by atoms with Crippen LogP contribution in [0.2, 0.25) is 0 Å². The highest BCUT2D eigenvalue weighted by molar-refractivity contribution is 5.90. The smallest absolute Gasteiger partial charge is 0.161 e. The van der Waals surface area contributed by atoms with Crippen LogP contribution in [-0.4, -0.2) is 37.7 Å². The molecule has 0 amide bonds. The third-order valence-corrected chi connectivity index (χ3v) is 5.88. The third-order valence-electron chi connectivity index (χ3n) is 5.88. The molecule has 6 heteroatoms. The van der Waals surface area contributed by atoms with Crippen LogP contribution in [0.4, 0.5) is 0 Å². The average Bonchev–Trinajstić information content (AvgIpc) is 3.45. The summed E-state index contributed by atoms with van der Waals surface area (Å²) in [6.07, 6.45) is 6.35. The highest BCUT2D eigenvalue weighted by atomic mass is 16.5. The molecule has 5 rings (SSSR count). The van der Waals surface area contributed by atoms with Crippen molar-refractivity contribution in [1.29, 1.82) is 0 Å². The fourth-order valence-electron chi connectivity index (χ4n) is 4.18. The van der Waals surface area contributed by atoms with Gasteiger partial charge in [0.15, 0.2) is 5.65 Å². The van der Waals surface area contributed by atoms with Gasteiger partial charge >= 0.3 is 0 Å². The Hall–Kier alpha value is -3.93. The van der Waals surface area contributed by atoms with E-state index in [2.05, 4.69) is 28.0 Å². The predicted octanol–water partition coefficient (Wildman–Crippen LogP) is 5.31. The zero-order valence-corrected chi connectivity index (χ0v) is 17.9. The van der Waals surface area contributed by atoms with Gasteiger partial charge in [-0.1, -0.05) is 31.4 Å². The molecular weight excluding hydrogens is 398 g/mol. The summed E-state index contributed by atoms with van der Waals surface area (Å²) in [6, 6.07) is 17.8. The van der Waals surface area contributed by atoms with Gasteiger partial charge in [-0.3, -0.25) is 0 Å². The number of rotatable bonds is 7. The molecule has 2 aromatic heterocycles. The summed E-state index contributed by atoms with van der Waals surface area (Å²) in [7, 11) is 0. The first kappa shape index (κ1) is 20.0. The van der Waals surface area contributed by atoms with Crippen molar-refractivity contribution in [2.75, 3.05) is 13.1 Å². The summed E-state index contributed by atoms with van der Waals surface area (Å²) in [5.41, 5.74) is 3.74. The minimum Gasteiger partial charge on any atom is -0.457 e. The molecule has 160 valence electrons. The molecule has 32 heavy (non-hydrogen) atoms. The van der Waals surface area contributed by atoms with Crippen molar-refractivity contribution in [3.8, 4) is 22.8 Å². The lowest BCUT2D eigenvalue weighted by atomic mass is 10.1. The molecule has 0 bridgehead atoms. The number of nitrogens with zero attached hydrogens (tertiary/aromatic N) is 5. The zero-order chi connectivity index (χ0) is 21.9. The highest BCUT2D eigenvalue weighted by Crippen LogP contribution is 2.30. The zero-order valence-electron chi connectivity index (χ0n) is 17.9. The monoisotopic (exact) mass is 423 g/mol. The van der Waals surface area contributed by atoms with Crippen molar-refractivity contribution < 1.29 is 4.74 Å². The maximum atomic E-state index is 5.92. The molecule has 0 unspecified atom stereocenters. The number of para-hydroxylation sites is 1. The van der Waals surface area contributed by atoms with Crippen LogP contribution in [-0.2, 0) is 6.54 Å². The molecule has 1 fully saturated rings. The van der Waals surface area contributed by atoms with Gasteiger partial charge in [-0.15, -0.1) is 0 Å². The highest BCUT2D eigenvalue weighted by Gasteiger charge is 2.24. The maximum absolute atomic E-state index is 5.92. The first-order chi connectivity index (χ1) is 15.7. The van der Waals surface area contributed by atoms with Crippen molar-refractivity contribution in [2.24, 2.45) is 5.92 Å². The Morgan fingerprint density at radius 2 is 1.88 bits per heavy atom. The normalized spacial score (nSPS) is 15.8. The van der Waals surface area contributed by atoms with Crippen molar-refractivity contribution >= 4 is 11.0 Å². The molecular formula is C26H25N5O. The van der Waals surface area contributed by atoms with Crippen molar-refractivity contribution in [2.45, 2.75) is 13.0 Å². The van der Waals surface area contributed by atoms with E-state index in [-0.39, 0.29) is 0 Å². The Morgan fingerprint density at radius 3 is 2.66 bits per heavy atom. The fourth-order valence-corrected chi connectivity index (χ4v) is 4.18. The van der Waals surface area contributed by atoms with E-state index in [0.717, 1.165) is 65.5 Å². The molecule has 1 aliphatic rings. The van der Waals surface area contributed by atoms with E-state index in [1.807, 2.05) is 71.6 Å². The maximum Gasteiger partial charge on any atom is 0.161 e. The van der Waals surface area contributed by atoms with Gasteiger partial charge in [0.05, 0.1) is 5.39 Å². The molecule has 2 aromatic carbocycles. The first-order valence-corrected chi connectivity index (χ1v) is 10.8. The van der Waals surface area contributed by atoms with Crippen LogP contribution in [0.5, 0.6) is 11.5 Å². The summed E-state index contributed by atoms with van der Waals surface area (Å²) in [6.45, 7) is 10.7. The summed E-state index contributed by atoms with van der Waals surface area (Å²) in [5.74, 6) is 2.08. The molecule has 1 atom stereocenters. The lowest BCUT2D eigenvalue weighted by molar-refractivity contribution is 0.388. The molecule has 0 radical (unpaired) electrons. The Bertz CT molecular complexity index is 1250. The quantitative estimate of drug-likeness (QED) is 0.377. The van der Waals surface area contributed by atoms with E-state index in [4.69, 9.17) is 9.84 Å². The van der Waals surface area contributed by atoms with E-state index in [1.54, 1.807) is 6.33 Å². The number of fused-ring (bicyclic) bond motifs is 1. The molecule has 1 saturated heterocycles. The van der Waals surface area contributed by atoms with E-state index < -0.39 is 0 Å². The van der Waals surface area contributed by atoms with Gasteiger partial charge in [-0.05, 0) is 54.8 Å². The van der Waals surface area contributed by atoms with Gasteiger partial charge in [-0.25, -0.2) is 14.6 Å². The van der Waals surface area contributed by atoms with Crippen LogP contribution >= 0.6 is 0 Å². The number of benzene rings is 2. The largest absolute Gasteiger partial charge is 0.457 e. The van der Waals surface area contributed by atoms with Gasteiger partial charge in [0.1, 0.15) is 23.5 Å². The molecule has 3 heterocycles. The summed E-state index contributed by atoms with van der Waals surface area (Å²) < 4.78 is 7.94. The van der Waals surface area contributed by atoms with Gasteiger partial charge in [-0.2, -0.15) is 5.10 Å². The summed E-state index contributed by atoms with van der Waals surface area (Å²) in [4.78, 5) is 11.1. The van der Waals surface area contributed by atoms with Crippen LogP contribution in [0.3, 0.4) is 0 Å². The number of likely N-dealkylation sites (tertiary alicyclic amines) is 1. The molecule has 0 N–H and O–H groups in total. The molecule has 4 aromatic rings. The van der Waals surface area contributed by atoms with Crippen LogP contribution < -0.4 is 4.74 Å². The molecule has 0 saturated carbocycles. The lowest BCUT2D eigenvalue weighted by Crippen LogP contribution is -2.20. The van der Waals surface area contributed by atoms with E-state index in [0.29, 0.717) is 5.92 Å². The number of ether oxygens (including phenoxy) is 1. The number of aromatic nitrogens is 4.